The van der Waals surface area contributed by atoms with Crippen molar-refractivity contribution in [2.75, 3.05) is 20.3 Å². The molecule has 0 radical (unpaired) electrons. The van der Waals surface area contributed by atoms with E-state index in [-0.39, 0.29) is 22.5 Å². The predicted molar refractivity (Wildman–Crippen MR) is 111 cm³/mol. The van der Waals surface area contributed by atoms with E-state index in [0.717, 1.165) is 25.8 Å². The average molecular weight is 372 g/mol. The minimum atomic E-state index is -0.481. The number of rotatable bonds is 11. The van der Waals surface area contributed by atoms with Crippen molar-refractivity contribution in [2.24, 2.45) is 5.41 Å². The number of hydrogen-bond donors (Lipinski definition) is 0. The number of methoxy groups -OCH3 is 1. The maximum absolute atomic E-state index is 13.1. The molecule has 1 amide bonds. The second kappa shape index (κ2) is 9.54. The maximum Gasteiger partial charge on any atom is 0.225 e. The molecule has 0 aromatic rings. The van der Waals surface area contributed by atoms with Crippen LogP contribution in [0.5, 0.6) is 0 Å². The van der Waals surface area contributed by atoms with Gasteiger partial charge in [-0.3, -0.25) is 4.79 Å². The summed E-state index contributed by atoms with van der Waals surface area (Å²) in [5, 5.41) is 0. The molecule has 0 saturated carbocycles. The van der Waals surface area contributed by atoms with Crippen molar-refractivity contribution in [3.63, 3.8) is 0 Å². The lowest BCUT2D eigenvalue weighted by Crippen LogP contribution is -2.51. The second-order valence-electron chi connectivity index (χ2n) is 10.6. The van der Waals surface area contributed by atoms with E-state index in [1.54, 1.807) is 7.11 Å². The molecule has 0 rings (SSSR count). The number of nitrogens with zero attached hydrogens (tertiary/aromatic N) is 1. The lowest BCUT2D eigenvalue weighted by molar-refractivity contribution is -0.144. The van der Waals surface area contributed by atoms with E-state index in [9.17, 15) is 4.79 Å². The van der Waals surface area contributed by atoms with Crippen LogP contribution in [0, 0.1) is 5.41 Å². The van der Waals surface area contributed by atoms with Gasteiger partial charge in [-0.05, 0) is 66.2 Å². The van der Waals surface area contributed by atoms with E-state index >= 15 is 0 Å². The van der Waals surface area contributed by atoms with Crippen LogP contribution in [-0.4, -0.2) is 47.8 Å². The standard InChI is InChI=1S/C22H45NO3/c1-12-14-23(20(5,6)17-19(2,3)4)18(24)16-22(9,10)26-15-13-21(7,8)25-11/h12-17H2,1-11H3. The fourth-order valence-corrected chi connectivity index (χ4v) is 3.57. The molecule has 0 N–H and O–H groups in total. The quantitative estimate of drug-likeness (QED) is 0.485. The highest BCUT2D eigenvalue weighted by Crippen LogP contribution is 2.32. The van der Waals surface area contributed by atoms with Crippen LogP contribution in [0.1, 0.15) is 94.9 Å². The molecule has 0 spiro atoms. The summed E-state index contributed by atoms with van der Waals surface area (Å²) in [5.41, 5.74) is -0.680. The van der Waals surface area contributed by atoms with Gasteiger partial charge >= 0.3 is 0 Å². The first kappa shape index (κ1) is 25.4. The lowest BCUT2D eigenvalue weighted by atomic mass is 9.80. The molecule has 0 unspecified atom stereocenters. The summed E-state index contributed by atoms with van der Waals surface area (Å²) >= 11 is 0. The van der Waals surface area contributed by atoms with E-state index in [2.05, 4.69) is 46.4 Å². The molecular formula is C22H45NO3. The summed E-state index contributed by atoms with van der Waals surface area (Å²) in [7, 11) is 1.72. The van der Waals surface area contributed by atoms with Gasteiger partial charge in [0.15, 0.2) is 0 Å². The Kier molecular flexibility index (Phi) is 9.32. The zero-order chi connectivity index (χ0) is 20.8. The van der Waals surface area contributed by atoms with Gasteiger partial charge in [0.25, 0.3) is 0 Å². The lowest BCUT2D eigenvalue weighted by Gasteiger charge is -2.43. The molecule has 0 bridgehead atoms. The fraction of sp³-hybridized carbons (Fsp3) is 0.955. The van der Waals surface area contributed by atoms with Gasteiger partial charge in [0.1, 0.15) is 0 Å². The van der Waals surface area contributed by atoms with Crippen LogP contribution < -0.4 is 0 Å². The Morgan fingerprint density at radius 2 is 1.46 bits per heavy atom. The van der Waals surface area contributed by atoms with E-state index in [0.29, 0.717) is 13.0 Å². The molecule has 0 aliphatic carbocycles. The minimum absolute atomic E-state index is 0.167. The predicted octanol–water partition coefficient (Wildman–Crippen LogP) is 5.44. The van der Waals surface area contributed by atoms with Crippen molar-refractivity contribution in [1.29, 1.82) is 0 Å². The monoisotopic (exact) mass is 371 g/mol. The second-order valence-corrected chi connectivity index (χ2v) is 10.6. The third-order valence-corrected chi connectivity index (χ3v) is 4.77. The van der Waals surface area contributed by atoms with Crippen LogP contribution >= 0.6 is 0 Å². The molecule has 4 nitrogen and oxygen atoms in total. The summed E-state index contributed by atoms with van der Waals surface area (Å²) in [5.74, 6) is 0.178. The van der Waals surface area contributed by atoms with Gasteiger partial charge in [-0.25, -0.2) is 0 Å². The normalized spacial score (nSPS) is 13.8. The first-order valence-corrected chi connectivity index (χ1v) is 10.0. The van der Waals surface area contributed by atoms with Gasteiger partial charge in [-0.2, -0.15) is 0 Å². The van der Waals surface area contributed by atoms with Gasteiger partial charge in [0.2, 0.25) is 5.91 Å². The molecule has 0 saturated heterocycles. The summed E-state index contributed by atoms with van der Waals surface area (Å²) in [6.07, 6.45) is 3.13. The van der Waals surface area contributed by atoms with E-state index in [4.69, 9.17) is 9.47 Å². The van der Waals surface area contributed by atoms with Crippen LogP contribution in [0.3, 0.4) is 0 Å². The van der Waals surface area contributed by atoms with E-state index in [1.165, 1.54) is 0 Å². The number of amides is 1. The van der Waals surface area contributed by atoms with Gasteiger partial charge in [-0.15, -0.1) is 0 Å². The summed E-state index contributed by atoms with van der Waals surface area (Å²) < 4.78 is 11.5. The summed E-state index contributed by atoms with van der Waals surface area (Å²) in [4.78, 5) is 15.2. The first-order valence-electron chi connectivity index (χ1n) is 10.0. The van der Waals surface area contributed by atoms with Crippen LogP contribution in [0.15, 0.2) is 0 Å². The number of ether oxygens (including phenoxy) is 2. The molecule has 0 aliphatic heterocycles. The average Bonchev–Trinajstić information content (AvgIpc) is 2.40. The highest BCUT2D eigenvalue weighted by Gasteiger charge is 2.36. The molecule has 0 fully saturated rings. The highest BCUT2D eigenvalue weighted by atomic mass is 16.5. The molecule has 0 aliphatic rings. The molecule has 0 aromatic carbocycles. The van der Waals surface area contributed by atoms with Gasteiger partial charge < -0.3 is 14.4 Å². The van der Waals surface area contributed by atoms with Crippen molar-refractivity contribution >= 4 is 5.91 Å². The van der Waals surface area contributed by atoms with Crippen molar-refractivity contribution < 1.29 is 14.3 Å². The molecule has 4 heteroatoms. The van der Waals surface area contributed by atoms with Gasteiger partial charge in [0.05, 0.1) is 24.2 Å². The van der Waals surface area contributed by atoms with Crippen LogP contribution in [0.4, 0.5) is 0 Å². The van der Waals surface area contributed by atoms with E-state index in [1.807, 2.05) is 27.7 Å². The van der Waals surface area contributed by atoms with Crippen LogP contribution in [-0.2, 0) is 14.3 Å². The number of hydrogen-bond acceptors (Lipinski definition) is 3. The largest absolute Gasteiger partial charge is 0.379 e. The molecular weight excluding hydrogens is 326 g/mol. The Balaban J connectivity index is 4.97. The molecule has 0 aromatic heterocycles. The number of carbonyl (C=O) groups excluding carboxylic acids is 1. The third-order valence-electron chi connectivity index (χ3n) is 4.77. The smallest absolute Gasteiger partial charge is 0.225 e. The molecule has 0 heterocycles. The molecule has 0 atom stereocenters. The van der Waals surface area contributed by atoms with Crippen molar-refractivity contribution in [3.8, 4) is 0 Å². The van der Waals surface area contributed by atoms with Crippen molar-refractivity contribution in [1.82, 2.24) is 4.90 Å². The topological polar surface area (TPSA) is 38.8 Å². The highest BCUT2D eigenvalue weighted by molar-refractivity contribution is 5.78. The van der Waals surface area contributed by atoms with E-state index < -0.39 is 5.60 Å². The number of carbonyl (C=O) groups is 1. The third kappa shape index (κ3) is 9.91. The SMILES string of the molecule is CCCN(C(=O)CC(C)(C)OCCC(C)(C)OC)C(C)(C)CC(C)(C)C. The fourth-order valence-electron chi connectivity index (χ4n) is 3.57. The Bertz CT molecular complexity index is 433. The Morgan fingerprint density at radius 1 is 0.923 bits per heavy atom. The Labute approximate surface area is 163 Å². The van der Waals surface area contributed by atoms with Gasteiger partial charge in [-0.1, -0.05) is 27.7 Å². The minimum Gasteiger partial charge on any atom is -0.379 e. The van der Waals surface area contributed by atoms with Gasteiger partial charge in [0, 0.05) is 19.2 Å². The molecule has 156 valence electrons. The summed E-state index contributed by atoms with van der Waals surface area (Å²) in [6.45, 7) is 22.7. The van der Waals surface area contributed by atoms with Crippen LogP contribution in [0.25, 0.3) is 0 Å². The Morgan fingerprint density at radius 3 is 1.88 bits per heavy atom. The zero-order valence-electron chi connectivity index (χ0n) is 19.4. The zero-order valence-corrected chi connectivity index (χ0v) is 19.4. The first-order chi connectivity index (χ1) is 11.6. The maximum atomic E-state index is 13.1. The Hall–Kier alpha value is -0.610. The van der Waals surface area contributed by atoms with Crippen LogP contribution in [0.2, 0.25) is 0 Å². The molecule has 26 heavy (non-hydrogen) atoms. The summed E-state index contributed by atoms with van der Waals surface area (Å²) in [6, 6.07) is 0. The van der Waals surface area contributed by atoms with Crippen molar-refractivity contribution in [3.05, 3.63) is 0 Å². The van der Waals surface area contributed by atoms with Crippen molar-refractivity contribution in [2.45, 2.75) is 112 Å².